The molecule has 1 rings (SSSR count). The molecule has 0 radical (unpaired) electrons. The Morgan fingerprint density at radius 2 is 1.83 bits per heavy atom. The summed E-state index contributed by atoms with van der Waals surface area (Å²) in [5.74, 6) is -1.65. The zero-order valence-electron chi connectivity index (χ0n) is 17.5. The summed E-state index contributed by atoms with van der Waals surface area (Å²) in [4.78, 5) is 37.4. The van der Waals surface area contributed by atoms with Crippen LogP contribution >= 0.6 is 0 Å². The Kier molecular flexibility index (Phi) is 9.25. The van der Waals surface area contributed by atoms with Gasteiger partial charge in [0, 0.05) is 26.2 Å². The standard InChI is InChI=1S/C19H29N3O6S/c1-6-20-17(23)12-22(7-2)18(24)13-28-19(25)15-9-8-10-16(11-15)29(26,27)21(5)14(3)4/h8-11,14H,6-7,12-13H2,1-5H3,(H,20,23). The third kappa shape index (κ3) is 6.82. The molecule has 162 valence electrons. The molecule has 0 saturated carbocycles. The van der Waals surface area contributed by atoms with Crippen molar-refractivity contribution in [2.24, 2.45) is 0 Å². The maximum Gasteiger partial charge on any atom is 0.338 e. The smallest absolute Gasteiger partial charge is 0.338 e. The van der Waals surface area contributed by atoms with Gasteiger partial charge in [-0.05, 0) is 45.9 Å². The Hall–Kier alpha value is -2.46. The van der Waals surface area contributed by atoms with Crippen molar-refractivity contribution < 1.29 is 27.5 Å². The van der Waals surface area contributed by atoms with Crippen LogP contribution < -0.4 is 5.32 Å². The molecule has 0 bridgehead atoms. The fourth-order valence-corrected chi connectivity index (χ4v) is 3.75. The molecule has 29 heavy (non-hydrogen) atoms. The van der Waals surface area contributed by atoms with Crippen molar-refractivity contribution in [1.82, 2.24) is 14.5 Å². The molecule has 0 aromatic heterocycles. The lowest BCUT2D eigenvalue weighted by atomic mass is 10.2. The predicted octanol–water partition coefficient (Wildman–Crippen LogP) is 0.857. The third-order valence-electron chi connectivity index (χ3n) is 4.24. The summed E-state index contributed by atoms with van der Waals surface area (Å²) in [5, 5.41) is 2.59. The second-order valence-corrected chi connectivity index (χ2v) is 8.58. The summed E-state index contributed by atoms with van der Waals surface area (Å²) in [5.41, 5.74) is 0.0165. The largest absolute Gasteiger partial charge is 0.452 e. The van der Waals surface area contributed by atoms with Crippen LogP contribution in [0.25, 0.3) is 0 Å². The normalized spacial score (nSPS) is 11.4. The highest BCUT2D eigenvalue weighted by Crippen LogP contribution is 2.18. The number of nitrogens with one attached hydrogen (secondary N) is 1. The number of carbonyl (C=O) groups excluding carboxylic acids is 3. The maximum atomic E-state index is 12.6. The van der Waals surface area contributed by atoms with Crippen molar-refractivity contribution in [3.05, 3.63) is 29.8 Å². The molecular weight excluding hydrogens is 398 g/mol. The first-order valence-electron chi connectivity index (χ1n) is 9.34. The monoisotopic (exact) mass is 427 g/mol. The molecule has 0 unspecified atom stereocenters. The summed E-state index contributed by atoms with van der Waals surface area (Å²) in [7, 11) is -2.30. The van der Waals surface area contributed by atoms with Crippen LogP contribution in [0.5, 0.6) is 0 Å². The van der Waals surface area contributed by atoms with Crippen LogP contribution in [0.4, 0.5) is 0 Å². The zero-order chi connectivity index (χ0) is 22.2. The van der Waals surface area contributed by atoms with Crippen LogP contribution in [0.1, 0.15) is 38.1 Å². The van der Waals surface area contributed by atoms with E-state index in [1.54, 1.807) is 27.7 Å². The number of ether oxygens (including phenoxy) is 1. The minimum absolute atomic E-state index is 0.0165. The van der Waals surface area contributed by atoms with Gasteiger partial charge in [0.05, 0.1) is 17.0 Å². The van der Waals surface area contributed by atoms with E-state index in [1.807, 2.05) is 0 Å². The lowest BCUT2D eigenvalue weighted by Gasteiger charge is -2.21. The minimum Gasteiger partial charge on any atom is -0.452 e. The highest BCUT2D eigenvalue weighted by Gasteiger charge is 2.24. The first-order valence-corrected chi connectivity index (χ1v) is 10.8. The van der Waals surface area contributed by atoms with Crippen LogP contribution in [0.3, 0.4) is 0 Å². The van der Waals surface area contributed by atoms with Crippen LogP contribution in [0.15, 0.2) is 29.2 Å². The molecule has 0 aliphatic heterocycles. The predicted molar refractivity (Wildman–Crippen MR) is 108 cm³/mol. The molecule has 9 nitrogen and oxygen atoms in total. The molecule has 1 aromatic rings. The number of sulfonamides is 1. The Morgan fingerprint density at radius 1 is 1.17 bits per heavy atom. The second kappa shape index (κ2) is 10.9. The van der Waals surface area contributed by atoms with Gasteiger partial charge in [-0.25, -0.2) is 13.2 Å². The Morgan fingerprint density at radius 3 is 2.38 bits per heavy atom. The average molecular weight is 428 g/mol. The van der Waals surface area contributed by atoms with E-state index in [9.17, 15) is 22.8 Å². The van der Waals surface area contributed by atoms with Crippen molar-refractivity contribution in [3.8, 4) is 0 Å². The van der Waals surface area contributed by atoms with Crippen LogP contribution in [-0.2, 0) is 24.3 Å². The van der Waals surface area contributed by atoms with Gasteiger partial charge in [-0.15, -0.1) is 0 Å². The number of benzene rings is 1. The molecule has 10 heteroatoms. The first-order chi connectivity index (χ1) is 13.5. The number of hydrogen-bond donors (Lipinski definition) is 1. The fraction of sp³-hybridized carbons (Fsp3) is 0.526. The van der Waals surface area contributed by atoms with Gasteiger partial charge in [0.25, 0.3) is 5.91 Å². The van der Waals surface area contributed by atoms with Crippen molar-refractivity contribution in [3.63, 3.8) is 0 Å². The summed E-state index contributed by atoms with van der Waals surface area (Å²) in [6, 6.07) is 5.20. The number of rotatable bonds is 10. The van der Waals surface area contributed by atoms with Crippen molar-refractivity contribution in [2.45, 2.75) is 38.6 Å². The van der Waals surface area contributed by atoms with Crippen LogP contribution in [-0.4, -0.2) is 74.7 Å². The molecule has 1 N–H and O–H groups in total. The second-order valence-electron chi connectivity index (χ2n) is 6.58. The average Bonchev–Trinajstić information content (AvgIpc) is 2.69. The topological polar surface area (TPSA) is 113 Å². The van der Waals surface area contributed by atoms with Gasteiger partial charge in [0.15, 0.2) is 6.61 Å². The summed E-state index contributed by atoms with van der Waals surface area (Å²) < 4.78 is 31.4. The molecule has 0 aliphatic rings. The quantitative estimate of drug-likeness (QED) is 0.554. The van der Waals surface area contributed by atoms with Gasteiger partial charge < -0.3 is 15.0 Å². The molecular formula is C19H29N3O6S. The Labute approximate surface area is 172 Å². The SMILES string of the molecule is CCNC(=O)CN(CC)C(=O)COC(=O)c1cccc(S(=O)(=O)N(C)C(C)C)c1. The number of carbonyl (C=O) groups is 3. The van der Waals surface area contributed by atoms with Gasteiger partial charge >= 0.3 is 5.97 Å². The highest BCUT2D eigenvalue weighted by atomic mass is 32.2. The lowest BCUT2D eigenvalue weighted by molar-refractivity contribution is -0.138. The van der Waals surface area contributed by atoms with E-state index < -0.39 is 28.5 Å². The summed E-state index contributed by atoms with van der Waals surface area (Å²) in [6.45, 7) is 7.01. The third-order valence-corrected chi connectivity index (χ3v) is 6.27. The van der Waals surface area contributed by atoms with Crippen LogP contribution in [0.2, 0.25) is 0 Å². The number of esters is 1. The van der Waals surface area contributed by atoms with E-state index in [4.69, 9.17) is 4.74 Å². The van der Waals surface area contributed by atoms with E-state index in [0.717, 1.165) is 0 Å². The van der Waals surface area contributed by atoms with E-state index in [2.05, 4.69) is 5.32 Å². The lowest BCUT2D eigenvalue weighted by Crippen LogP contribution is -2.42. The molecule has 0 heterocycles. The maximum absolute atomic E-state index is 12.6. The van der Waals surface area contributed by atoms with E-state index >= 15 is 0 Å². The number of hydrogen-bond acceptors (Lipinski definition) is 6. The van der Waals surface area contributed by atoms with Crippen LogP contribution in [0, 0.1) is 0 Å². The van der Waals surface area contributed by atoms with E-state index in [1.165, 1.54) is 40.5 Å². The molecule has 0 aliphatic carbocycles. The molecule has 1 aromatic carbocycles. The van der Waals surface area contributed by atoms with Gasteiger partial charge in [-0.1, -0.05) is 6.07 Å². The van der Waals surface area contributed by atoms with E-state index in [-0.39, 0.29) is 35.5 Å². The summed E-state index contributed by atoms with van der Waals surface area (Å²) >= 11 is 0. The molecule has 0 atom stereocenters. The van der Waals surface area contributed by atoms with Gasteiger partial charge in [-0.2, -0.15) is 4.31 Å². The molecule has 0 fully saturated rings. The summed E-state index contributed by atoms with van der Waals surface area (Å²) in [6.07, 6.45) is 0. The minimum atomic E-state index is -3.76. The van der Waals surface area contributed by atoms with Crippen molar-refractivity contribution in [1.29, 1.82) is 0 Å². The van der Waals surface area contributed by atoms with Crippen molar-refractivity contribution >= 4 is 27.8 Å². The van der Waals surface area contributed by atoms with Gasteiger partial charge in [-0.3, -0.25) is 9.59 Å². The van der Waals surface area contributed by atoms with Gasteiger partial charge in [0.1, 0.15) is 0 Å². The van der Waals surface area contributed by atoms with E-state index in [0.29, 0.717) is 6.54 Å². The number of amides is 2. The highest BCUT2D eigenvalue weighted by molar-refractivity contribution is 7.89. The number of nitrogens with zero attached hydrogens (tertiary/aromatic N) is 2. The Bertz CT molecular complexity index is 838. The first kappa shape index (κ1) is 24.6. The fourth-order valence-electron chi connectivity index (χ4n) is 2.33. The molecule has 0 spiro atoms. The zero-order valence-corrected chi connectivity index (χ0v) is 18.3. The van der Waals surface area contributed by atoms with Crippen molar-refractivity contribution in [2.75, 3.05) is 33.3 Å². The molecule has 0 saturated heterocycles. The van der Waals surface area contributed by atoms with Gasteiger partial charge in [0.2, 0.25) is 15.9 Å². The molecule has 2 amide bonds. The Balaban J connectivity index is 2.83. The number of likely N-dealkylation sites (N-methyl/N-ethyl adjacent to an activating group) is 2.